The molecular weight excluding hydrogens is 332 g/mol. The van der Waals surface area contributed by atoms with E-state index < -0.39 is 0 Å². The average Bonchev–Trinajstić information content (AvgIpc) is 2.95. The molecule has 1 fully saturated rings. The number of hydrogen-bond acceptors (Lipinski definition) is 4. The van der Waals surface area contributed by atoms with Gasteiger partial charge in [0, 0.05) is 13.1 Å². The lowest BCUT2D eigenvalue weighted by atomic mass is 10.0. The van der Waals surface area contributed by atoms with Crippen molar-refractivity contribution in [3.05, 3.63) is 21.0 Å². The van der Waals surface area contributed by atoms with Gasteiger partial charge in [-0.3, -0.25) is 4.79 Å². The van der Waals surface area contributed by atoms with E-state index >= 15 is 0 Å². The summed E-state index contributed by atoms with van der Waals surface area (Å²) in [6.45, 7) is 2.31. The summed E-state index contributed by atoms with van der Waals surface area (Å²) in [5.74, 6) is 0.852. The highest BCUT2D eigenvalue weighted by molar-refractivity contribution is 9.10. The van der Waals surface area contributed by atoms with E-state index in [0.717, 1.165) is 24.7 Å². The molecule has 0 spiro atoms. The van der Waals surface area contributed by atoms with Gasteiger partial charge in [-0.15, -0.1) is 0 Å². The van der Waals surface area contributed by atoms with Crippen LogP contribution in [0.2, 0.25) is 0 Å². The summed E-state index contributed by atoms with van der Waals surface area (Å²) in [4.78, 5) is 14.3. The van der Waals surface area contributed by atoms with E-state index in [0.29, 0.717) is 11.0 Å². The van der Waals surface area contributed by atoms with E-state index in [4.69, 9.17) is 0 Å². The third-order valence-electron chi connectivity index (χ3n) is 4.09. The Balaban J connectivity index is 1.91. The maximum absolute atomic E-state index is 12.2. The Morgan fingerprint density at radius 3 is 2.81 bits per heavy atom. The molecule has 0 unspecified atom stereocenters. The lowest BCUT2D eigenvalue weighted by Gasteiger charge is -2.14. The molecule has 5 nitrogen and oxygen atoms in total. The summed E-state index contributed by atoms with van der Waals surface area (Å²) in [7, 11) is 3.97. The molecule has 0 aliphatic heterocycles. The Labute approximate surface area is 134 Å². The molecule has 1 heterocycles. The third-order valence-corrected chi connectivity index (χ3v) is 4.85. The van der Waals surface area contributed by atoms with Gasteiger partial charge in [-0.2, -0.15) is 5.10 Å². The van der Waals surface area contributed by atoms with Crippen molar-refractivity contribution in [2.45, 2.75) is 38.6 Å². The van der Waals surface area contributed by atoms with Gasteiger partial charge in [-0.25, -0.2) is 4.68 Å². The van der Waals surface area contributed by atoms with Crippen LogP contribution in [0.3, 0.4) is 0 Å². The normalized spacial score (nSPS) is 15.8. The van der Waals surface area contributed by atoms with Gasteiger partial charge in [-0.05, 0) is 42.4 Å². The zero-order valence-corrected chi connectivity index (χ0v) is 14.5. The molecule has 1 saturated carbocycles. The Hall–Kier alpha value is -0.880. The first-order valence-electron chi connectivity index (χ1n) is 7.72. The molecule has 6 heteroatoms. The van der Waals surface area contributed by atoms with Gasteiger partial charge in [0.2, 0.25) is 0 Å². The van der Waals surface area contributed by atoms with E-state index in [-0.39, 0.29) is 5.56 Å². The van der Waals surface area contributed by atoms with E-state index in [1.807, 2.05) is 19.0 Å². The Kier molecular flexibility index (Phi) is 6.23. The third kappa shape index (κ3) is 4.81. The molecule has 21 heavy (non-hydrogen) atoms. The van der Waals surface area contributed by atoms with Gasteiger partial charge in [-0.1, -0.05) is 25.7 Å². The first-order chi connectivity index (χ1) is 10.1. The fourth-order valence-corrected chi connectivity index (χ4v) is 3.20. The topological polar surface area (TPSA) is 50.2 Å². The average molecular weight is 357 g/mol. The van der Waals surface area contributed by atoms with Crippen molar-refractivity contribution in [1.29, 1.82) is 0 Å². The first-order valence-corrected chi connectivity index (χ1v) is 8.51. The largest absolute Gasteiger partial charge is 0.383 e. The van der Waals surface area contributed by atoms with Crippen LogP contribution in [-0.4, -0.2) is 41.9 Å². The van der Waals surface area contributed by atoms with Crippen LogP contribution in [0.25, 0.3) is 0 Å². The zero-order valence-electron chi connectivity index (χ0n) is 12.9. The number of aromatic nitrogens is 2. The molecule has 0 saturated heterocycles. The molecule has 1 aromatic heterocycles. The summed E-state index contributed by atoms with van der Waals surface area (Å²) >= 11 is 3.40. The Morgan fingerprint density at radius 2 is 2.14 bits per heavy atom. The molecule has 1 aromatic rings. The van der Waals surface area contributed by atoms with Crippen LogP contribution in [0, 0.1) is 5.92 Å². The van der Waals surface area contributed by atoms with Gasteiger partial charge < -0.3 is 10.2 Å². The van der Waals surface area contributed by atoms with Crippen molar-refractivity contribution in [3.8, 4) is 0 Å². The standard InChI is InChI=1S/C15H25BrN4O/c1-19(2)9-10-20-15(21)14(16)13(11-18-20)17-8-7-12-5-3-4-6-12/h11-12,17H,3-10H2,1-2H3. The zero-order chi connectivity index (χ0) is 15.2. The number of likely N-dealkylation sites (N-methyl/N-ethyl adjacent to an activating group) is 1. The Morgan fingerprint density at radius 1 is 1.43 bits per heavy atom. The molecule has 1 aliphatic rings. The smallest absolute Gasteiger partial charge is 0.283 e. The van der Waals surface area contributed by atoms with Crippen LogP contribution in [0.1, 0.15) is 32.1 Å². The lowest BCUT2D eigenvalue weighted by molar-refractivity contribution is 0.367. The van der Waals surface area contributed by atoms with Crippen molar-refractivity contribution in [1.82, 2.24) is 14.7 Å². The van der Waals surface area contributed by atoms with Crippen molar-refractivity contribution >= 4 is 21.6 Å². The highest BCUT2D eigenvalue weighted by atomic mass is 79.9. The highest BCUT2D eigenvalue weighted by Gasteiger charge is 2.15. The predicted octanol–water partition coefficient (Wildman–Crippen LogP) is 2.56. The number of nitrogens with zero attached hydrogens (tertiary/aromatic N) is 3. The molecule has 2 rings (SSSR count). The van der Waals surface area contributed by atoms with E-state index in [2.05, 4.69) is 26.3 Å². The second-order valence-electron chi connectivity index (χ2n) is 6.07. The number of halogens is 1. The van der Waals surface area contributed by atoms with Crippen LogP contribution in [0.15, 0.2) is 15.5 Å². The maximum atomic E-state index is 12.2. The minimum absolute atomic E-state index is 0.0669. The second kappa shape index (κ2) is 7.94. The molecule has 0 aromatic carbocycles. The van der Waals surface area contributed by atoms with E-state index in [9.17, 15) is 4.79 Å². The van der Waals surface area contributed by atoms with Crippen LogP contribution in [0.4, 0.5) is 5.69 Å². The number of hydrogen-bond donors (Lipinski definition) is 1. The first kappa shape index (κ1) is 16.5. The molecule has 1 aliphatic carbocycles. The number of anilines is 1. The van der Waals surface area contributed by atoms with Crippen LogP contribution in [-0.2, 0) is 6.54 Å². The summed E-state index contributed by atoms with van der Waals surface area (Å²) in [6, 6.07) is 0. The monoisotopic (exact) mass is 356 g/mol. The SMILES string of the molecule is CN(C)CCn1ncc(NCCC2CCCC2)c(Br)c1=O. The van der Waals surface area contributed by atoms with Crippen molar-refractivity contribution in [2.24, 2.45) is 5.92 Å². The number of rotatable bonds is 7. The molecule has 118 valence electrons. The second-order valence-corrected chi connectivity index (χ2v) is 6.86. The highest BCUT2D eigenvalue weighted by Crippen LogP contribution is 2.27. The van der Waals surface area contributed by atoms with Gasteiger partial charge in [0.25, 0.3) is 5.56 Å². The van der Waals surface area contributed by atoms with E-state index in [1.54, 1.807) is 6.20 Å². The number of nitrogens with one attached hydrogen (secondary N) is 1. The van der Waals surface area contributed by atoms with Gasteiger partial charge in [0.1, 0.15) is 4.47 Å². The predicted molar refractivity (Wildman–Crippen MR) is 89.8 cm³/mol. The molecule has 0 atom stereocenters. The molecular formula is C15H25BrN4O. The molecule has 0 amide bonds. The van der Waals surface area contributed by atoms with Crippen molar-refractivity contribution in [3.63, 3.8) is 0 Å². The van der Waals surface area contributed by atoms with Crippen LogP contribution < -0.4 is 10.9 Å². The molecule has 0 radical (unpaired) electrons. The quantitative estimate of drug-likeness (QED) is 0.815. The van der Waals surface area contributed by atoms with Crippen LogP contribution >= 0.6 is 15.9 Å². The summed E-state index contributed by atoms with van der Waals surface area (Å²) < 4.78 is 2.09. The van der Waals surface area contributed by atoms with Crippen LogP contribution in [0.5, 0.6) is 0 Å². The Bertz CT molecular complexity index is 509. The summed E-state index contributed by atoms with van der Waals surface area (Å²) in [6.07, 6.45) is 8.38. The summed E-state index contributed by atoms with van der Waals surface area (Å²) in [5, 5.41) is 7.59. The fourth-order valence-electron chi connectivity index (χ4n) is 2.75. The van der Waals surface area contributed by atoms with Gasteiger partial charge in [0.15, 0.2) is 0 Å². The lowest BCUT2D eigenvalue weighted by Crippen LogP contribution is -2.29. The van der Waals surface area contributed by atoms with Gasteiger partial charge >= 0.3 is 0 Å². The minimum Gasteiger partial charge on any atom is -0.383 e. The van der Waals surface area contributed by atoms with Crippen molar-refractivity contribution < 1.29 is 0 Å². The van der Waals surface area contributed by atoms with Gasteiger partial charge in [0.05, 0.1) is 18.4 Å². The maximum Gasteiger partial charge on any atom is 0.283 e. The van der Waals surface area contributed by atoms with Crippen molar-refractivity contribution in [2.75, 3.05) is 32.5 Å². The van der Waals surface area contributed by atoms with E-state index in [1.165, 1.54) is 36.8 Å². The minimum atomic E-state index is -0.0669. The molecule has 1 N–H and O–H groups in total. The fraction of sp³-hybridized carbons (Fsp3) is 0.733. The molecule has 0 bridgehead atoms. The summed E-state index contributed by atoms with van der Waals surface area (Å²) in [5.41, 5.74) is 0.738.